The lowest BCUT2D eigenvalue weighted by Gasteiger charge is -2.01. The van der Waals surface area contributed by atoms with Gasteiger partial charge in [-0.15, -0.1) is 0 Å². The molecule has 0 fully saturated rings. The number of esters is 1. The van der Waals surface area contributed by atoms with Crippen molar-refractivity contribution in [3.8, 4) is 0 Å². The van der Waals surface area contributed by atoms with Crippen molar-refractivity contribution in [3.63, 3.8) is 0 Å². The molecule has 1 aromatic rings. The second-order valence-electron chi connectivity index (χ2n) is 2.85. The summed E-state index contributed by atoms with van der Waals surface area (Å²) in [5.74, 6) is -0.284. The third kappa shape index (κ3) is 1.22. The Balaban J connectivity index is 3.17. The van der Waals surface area contributed by atoms with E-state index in [0.717, 1.165) is 11.3 Å². The Morgan fingerprint density at radius 3 is 2.42 bits per heavy atom. The number of hydrogen-bond acceptors (Lipinski definition) is 2. The van der Waals surface area contributed by atoms with Crippen LogP contribution in [0.4, 0.5) is 0 Å². The van der Waals surface area contributed by atoms with Crippen molar-refractivity contribution in [1.82, 2.24) is 4.57 Å². The molecule has 1 aromatic heterocycles. The van der Waals surface area contributed by atoms with Crippen molar-refractivity contribution in [3.05, 3.63) is 23.0 Å². The fourth-order valence-corrected chi connectivity index (χ4v) is 1.15. The summed E-state index contributed by atoms with van der Waals surface area (Å²) in [5.41, 5.74) is 2.81. The number of carbonyl (C=O) groups excluding carboxylic acids is 1. The number of nitrogens with zero attached hydrogens (tertiary/aromatic N) is 1. The van der Waals surface area contributed by atoms with Gasteiger partial charge < -0.3 is 9.30 Å². The van der Waals surface area contributed by atoms with Crippen molar-refractivity contribution in [2.24, 2.45) is 7.05 Å². The average molecular weight is 167 g/mol. The third-order valence-electron chi connectivity index (χ3n) is 2.18. The molecule has 66 valence electrons. The lowest BCUT2D eigenvalue weighted by Crippen LogP contribution is -2.07. The Kier molecular flexibility index (Phi) is 2.22. The van der Waals surface area contributed by atoms with Gasteiger partial charge in [-0.25, -0.2) is 4.79 Å². The van der Waals surface area contributed by atoms with Gasteiger partial charge in [-0.05, 0) is 25.5 Å². The van der Waals surface area contributed by atoms with Gasteiger partial charge in [0.15, 0.2) is 0 Å². The van der Waals surface area contributed by atoms with Crippen LogP contribution in [0.5, 0.6) is 0 Å². The number of rotatable bonds is 1. The molecule has 1 rings (SSSR count). The van der Waals surface area contributed by atoms with E-state index in [-0.39, 0.29) is 5.97 Å². The predicted octanol–water partition coefficient (Wildman–Crippen LogP) is 1.43. The van der Waals surface area contributed by atoms with Crippen molar-refractivity contribution >= 4 is 5.97 Å². The lowest BCUT2D eigenvalue weighted by molar-refractivity contribution is 0.0589. The molecule has 0 spiro atoms. The molecule has 12 heavy (non-hydrogen) atoms. The Labute approximate surface area is 72.0 Å². The highest BCUT2D eigenvalue weighted by Crippen LogP contribution is 2.12. The summed E-state index contributed by atoms with van der Waals surface area (Å²) in [6, 6.07) is 1.83. The van der Waals surface area contributed by atoms with Crippen LogP contribution in [0.25, 0.3) is 0 Å². The summed E-state index contributed by atoms with van der Waals surface area (Å²) in [6.45, 7) is 3.95. The first kappa shape index (κ1) is 8.84. The first-order chi connectivity index (χ1) is 5.57. The molecular formula is C9H13NO2. The Morgan fingerprint density at radius 2 is 2.08 bits per heavy atom. The highest BCUT2D eigenvalue weighted by molar-refractivity contribution is 5.88. The summed E-state index contributed by atoms with van der Waals surface area (Å²) in [7, 11) is 3.24. The molecule has 0 unspecified atom stereocenters. The molecule has 0 N–H and O–H groups in total. The van der Waals surface area contributed by atoms with Crippen LogP contribution in [0, 0.1) is 13.8 Å². The summed E-state index contributed by atoms with van der Waals surface area (Å²) in [6.07, 6.45) is 0. The van der Waals surface area contributed by atoms with Gasteiger partial charge in [-0.1, -0.05) is 0 Å². The molecule has 0 aliphatic rings. The Morgan fingerprint density at radius 1 is 1.50 bits per heavy atom. The van der Waals surface area contributed by atoms with E-state index >= 15 is 0 Å². The zero-order valence-corrected chi connectivity index (χ0v) is 7.84. The monoisotopic (exact) mass is 167 g/mol. The highest BCUT2D eigenvalue weighted by Gasteiger charge is 2.12. The van der Waals surface area contributed by atoms with Gasteiger partial charge in [0.05, 0.1) is 7.11 Å². The van der Waals surface area contributed by atoms with Crippen LogP contribution < -0.4 is 0 Å². The Hall–Kier alpha value is -1.25. The summed E-state index contributed by atoms with van der Waals surface area (Å²) in [5, 5.41) is 0. The predicted molar refractivity (Wildman–Crippen MR) is 46.2 cm³/mol. The van der Waals surface area contributed by atoms with E-state index in [9.17, 15) is 4.79 Å². The van der Waals surface area contributed by atoms with E-state index in [0.29, 0.717) is 5.69 Å². The van der Waals surface area contributed by atoms with Crippen molar-refractivity contribution in [2.75, 3.05) is 7.11 Å². The minimum Gasteiger partial charge on any atom is -0.464 e. The van der Waals surface area contributed by atoms with Crippen LogP contribution in [0.2, 0.25) is 0 Å². The quantitative estimate of drug-likeness (QED) is 0.592. The summed E-state index contributed by atoms with van der Waals surface area (Å²) >= 11 is 0. The molecule has 0 radical (unpaired) electrons. The third-order valence-corrected chi connectivity index (χ3v) is 2.18. The van der Waals surface area contributed by atoms with Gasteiger partial charge in [-0.3, -0.25) is 0 Å². The van der Waals surface area contributed by atoms with E-state index in [1.54, 1.807) is 0 Å². The van der Waals surface area contributed by atoms with Crippen molar-refractivity contribution < 1.29 is 9.53 Å². The van der Waals surface area contributed by atoms with Gasteiger partial charge in [-0.2, -0.15) is 0 Å². The molecule has 1 heterocycles. The lowest BCUT2D eigenvalue weighted by atomic mass is 10.3. The van der Waals surface area contributed by atoms with E-state index in [4.69, 9.17) is 0 Å². The van der Waals surface area contributed by atoms with Crippen LogP contribution >= 0.6 is 0 Å². The van der Waals surface area contributed by atoms with Crippen LogP contribution in [0.3, 0.4) is 0 Å². The second kappa shape index (κ2) is 3.01. The maximum atomic E-state index is 11.2. The van der Waals surface area contributed by atoms with Gasteiger partial charge in [0.25, 0.3) is 0 Å². The fraction of sp³-hybridized carbons (Fsp3) is 0.444. The normalized spacial score (nSPS) is 10.0. The first-order valence-corrected chi connectivity index (χ1v) is 3.79. The number of hydrogen-bond donors (Lipinski definition) is 0. The minimum absolute atomic E-state index is 0.284. The molecule has 0 saturated heterocycles. The number of ether oxygens (including phenoxy) is 1. The van der Waals surface area contributed by atoms with Crippen LogP contribution in [-0.2, 0) is 11.8 Å². The zero-order chi connectivity index (χ0) is 9.30. The molecule has 0 atom stereocenters. The molecular weight excluding hydrogens is 154 g/mol. The number of aromatic nitrogens is 1. The molecule has 0 aliphatic heterocycles. The molecule has 3 nitrogen and oxygen atoms in total. The highest BCUT2D eigenvalue weighted by atomic mass is 16.5. The molecule has 3 heteroatoms. The van der Waals surface area contributed by atoms with Crippen LogP contribution in [0.15, 0.2) is 6.07 Å². The topological polar surface area (TPSA) is 31.2 Å². The summed E-state index contributed by atoms with van der Waals surface area (Å²) < 4.78 is 6.46. The average Bonchev–Trinajstić information content (AvgIpc) is 2.32. The van der Waals surface area contributed by atoms with E-state index < -0.39 is 0 Å². The Bertz CT molecular complexity index is 313. The van der Waals surface area contributed by atoms with Crippen LogP contribution in [0.1, 0.15) is 21.7 Å². The van der Waals surface area contributed by atoms with E-state index in [1.165, 1.54) is 7.11 Å². The maximum absolute atomic E-state index is 11.2. The molecule has 0 bridgehead atoms. The van der Waals surface area contributed by atoms with E-state index in [2.05, 4.69) is 4.74 Å². The standard InChI is InChI=1S/C9H13NO2/c1-6-5-8(9(11)12-4)10(3)7(6)2/h5H,1-4H3. The van der Waals surface area contributed by atoms with E-state index in [1.807, 2.05) is 31.5 Å². The molecule has 0 aliphatic carbocycles. The minimum atomic E-state index is -0.284. The van der Waals surface area contributed by atoms with Gasteiger partial charge in [0.1, 0.15) is 5.69 Å². The largest absolute Gasteiger partial charge is 0.464 e. The fourth-order valence-electron chi connectivity index (χ4n) is 1.15. The van der Waals surface area contributed by atoms with Gasteiger partial charge in [0.2, 0.25) is 0 Å². The SMILES string of the molecule is COC(=O)c1cc(C)c(C)n1C. The summed E-state index contributed by atoms with van der Waals surface area (Å²) in [4.78, 5) is 11.2. The number of carbonyl (C=O) groups is 1. The molecule has 0 saturated carbocycles. The van der Waals surface area contributed by atoms with Crippen molar-refractivity contribution in [1.29, 1.82) is 0 Å². The number of aryl methyl sites for hydroxylation is 1. The second-order valence-corrected chi connectivity index (χ2v) is 2.85. The smallest absolute Gasteiger partial charge is 0.354 e. The molecule has 0 aromatic carbocycles. The first-order valence-electron chi connectivity index (χ1n) is 3.79. The maximum Gasteiger partial charge on any atom is 0.354 e. The zero-order valence-electron chi connectivity index (χ0n) is 7.84. The number of methoxy groups -OCH3 is 1. The van der Waals surface area contributed by atoms with Crippen molar-refractivity contribution in [2.45, 2.75) is 13.8 Å². The van der Waals surface area contributed by atoms with Crippen LogP contribution in [-0.4, -0.2) is 17.6 Å². The molecule has 0 amide bonds. The van der Waals surface area contributed by atoms with Gasteiger partial charge >= 0.3 is 5.97 Å². The van der Waals surface area contributed by atoms with Gasteiger partial charge in [0, 0.05) is 12.7 Å².